The summed E-state index contributed by atoms with van der Waals surface area (Å²) in [5.41, 5.74) is 1.39. The van der Waals surface area contributed by atoms with Crippen molar-refractivity contribution in [2.24, 2.45) is 0 Å². The second-order valence-electron chi connectivity index (χ2n) is 6.73. The molecule has 1 aliphatic heterocycles. The van der Waals surface area contributed by atoms with Gasteiger partial charge in [0.05, 0.1) is 22.3 Å². The van der Waals surface area contributed by atoms with Crippen LogP contribution < -0.4 is 4.31 Å². The van der Waals surface area contributed by atoms with Crippen LogP contribution in [0.15, 0.2) is 53.6 Å². The zero-order valence-electron chi connectivity index (χ0n) is 15.2. The molecular weight excluding hydrogens is 386 g/mol. The Labute approximate surface area is 161 Å². The summed E-state index contributed by atoms with van der Waals surface area (Å²) in [5, 5.41) is 9.74. The van der Waals surface area contributed by atoms with Crippen molar-refractivity contribution >= 4 is 15.7 Å². The van der Waals surface area contributed by atoms with Crippen molar-refractivity contribution in [3.05, 3.63) is 71.6 Å². The average Bonchev–Trinajstić information content (AvgIpc) is 3.13. The van der Waals surface area contributed by atoms with E-state index in [1.165, 1.54) is 18.2 Å². The van der Waals surface area contributed by atoms with E-state index in [9.17, 15) is 22.3 Å². The predicted molar refractivity (Wildman–Crippen MR) is 101 cm³/mol. The van der Waals surface area contributed by atoms with Gasteiger partial charge in [-0.15, -0.1) is 0 Å². The Bertz CT molecular complexity index is 1190. The van der Waals surface area contributed by atoms with Crippen LogP contribution in [-0.4, -0.2) is 18.1 Å². The number of hydrogen-bond donors (Lipinski definition) is 1. The van der Waals surface area contributed by atoms with Gasteiger partial charge in [0.25, 0.3) is 10.0 Å². The van der Waals surface area contributed by atoms with E-state index in [1.807, 2.05) is 6.92 Å². The number of anilines is 1. The molecule has 1 unspecified atom stereocenters. The number of nitrogens with zero attached hydrogens (tertiary/aromatic N) is 2. The number of phenols is 1. The highest BCUT2D eigenvalue weighted by Crippen LogP contribution is 2.44. The monoisotopic (exact) mass is 404 g/mol. The molecule has 146 valence electrons. The van der Waals surface area contributed by atoms with Crippen LogP contribution in [0.1, 0.15) is 30.6 Å². The fourth-order valence-electron chi connectivity index (χ4n) is 3.64. The van der Waals surface area contributed by atoms with E-state index in [1.54, 1.807) is 29.8 Å². The number of sulfonamides is 1. The van der Waals surface area contributed by atoms with Crippen molar-refractivity contribution in [2.45, 2.75) is 31.2 Å². The molecule has 2 aromatic carbocycles. The highest BCUT2D eigenvalue weighted by atomic mass is 32.2. The third-order valence-electron chi connectivity index (χ3n) is 5.03. The number of aromatic hydroxyl groups is 1. The number of fused-ring (bicyclic) bond motifs is 3. The van der Waals surface area contributed by atoms with Crippen molar-refractivity contribution in [1.29, 1.82) is 0 Å². The Kier molecular flexibility index (Phi) is 4.19. The van der Waals surface area contributed by atoms with Crippen molar-refractivity contribution in [1.82, 2.24) is 4.57 Å². The number of benzene rings is 2. The van der Waals surface area contributed by atoms with Gasteiger partial charge < -0.3 is 9.67 Å². The summed E-state index contributed by atoms with van der Waals surface area (Å²) in [4.78, 5) is -0.0306. The van der Waals surface area contributed by atoms with Gasteiger partial charge >= 0.3 is 0 Å². The fraction of sp³-hybridized carbons (Fsp3) is 0.200. The van der Waals surface area contributed by atoms with E-state index < -0.39 is 27.7 Å². The average molecular weight is 404 g/mol. The van der Waals surface area contributed by atoms with E-state index in [2.05, 4.69) is 0 Å². The van der Waals surface area contributed by atoms with Gasteiger partial charge in [-0.25, -0.2) is 17.2 Å². The summed E-state index contributed by atoms with van der Waals surface area (Å²) in [6.45, 7) is 3.42. The van der Waals surface area contributed by atoms with E-state index in [0.717, 1.165) is 16.4 Å². The van der Waals surface area contributed by atoms with Crippen LogP contribution in [0.3, 0.4) is 0 Å². The Morgan fingerprint density at radius 1 is 1.07 bits per heavy atom. The molecule has 8 heteroatoms. The van der Waals surface area contributed by atoms with E-state index in [4.69, 9.17) is 0 Å². The lowest BCUT2D eigenvalue weighted by molar-refractivity contribution is 0.470. The van der Waals surface area contributed by atoms with Crippen molar-refractivity contribution in [2.75, 3.05) is 4.31 Å². The first kappa shape index (κ1) is 18.5. The zero-order valence-corrected chi connectivity index (χ0v) is 16.0. The lowest BCUT2D eigenvalue weighted by atomic mass is 10.1. The summed E-state index contributed by atoms with van der Waals surface area (Å²) in [6, 6.07) is 8.81. The molecule has 1 atom stereocenters. The second kappa shape index (κ2) is 6.34. The molecule has 2 heterocycles. The Morgan fingerprint density at radius 2 is 1.75 bits per heavy atom. The lowest BCUT2D eigenvalue weighted by Gasteiger charge is -2.38. The first-order valence-electron chi connectivity index (χ1n) is 8.76. The van der Waals surface area contributed by atoms with Crippen LogP contribution in [0.5, 0.6) is 5.75 Å². The van der Waals surface area contributed by atoms with Crippen LogP contribution in [0.2, 0.25) is 0 Å². The van der Waals surface area contributed by atoms with Crippen molar-refractivity contribution in [3.63, 3.8) is 0 Å². The SMILES string of the molecule is CCC1c2cccn2-c2cc(F)c(F)cc2N1S(=O)(=O)c1ccc(O)c(C)c1. The Morgan fingerprint density at radius 3 is 2.39 bits per heavy atom. The maximum absolute atomic E-state index is 14.1. The van der Waals surface area contributed by atoms with Gasteiger partial charge in [-0.1, -0.05) is 6.92 Å². The van der Waals surface area contributed by atoms with Gasteiger partial charge in [-0.05, 0) is 49.2 Å². The molecule has 0 radical (unpaired) electrons. The quantitative estimate of drug-likeness (QED) is 0.703. The van der Waals surface area contributed by atoms with E-state index in [-0.39, 0.29) is 22.0 Å². The minimum atomic E-state index is -4.11. The summed E-state index contributed by atoms with van der Waals surface area (Å²) >= 11 is 0. The number of phenolic OH excluding ortho intramolecular Hbond substituents is 1. The molecule has 28 heavy (non-hydrogen) atoms. The smallest absolute Gasteiger partial charge is 0.265 e. The first-order valence-corrected chi connectivity index (χ1v) is 10.2. The topological polar surface area (TPSA) is 62.5 Å². The molecule has 1 N–H and O–H groups in total. The van der Waals surface area contributed by atoms with E-state index in [0.29, 0.717) is 17.7 Å². The normalized spacial score (nSPS) is 16.0. The van der Waals surface area contributed by atoms with Gasteiger partial charge in [-0.3, -0.25) is 4.31 Å². The van der Waals surface area contributed by atoms with Crippen LogP contribution in [0.4, 0.5) is 14.5 Å². The molecule has 4 rings (SSSR count). The molecule has 1 aromatic heterocycles. The third-order valence-corrected chi connectivity index (χ3v) is 6.85. The first-order chi connectivity index (χ1) is 13.3. The van der Waals surface area contributed by atoms with Gasteiger partial charge in [0.1, 0.15) is 5.75 Å². The zero-order chi connectivity index (χ0) is 20.2. The molecule has 0 aliphatic carbocycles. The highest BCUT2D eigenvalue weighted by Gasteiger charge is 2.39. The fourth-order valence-corrected chi connectivity index (χ4v) is 5.43. The van der Waals surface area contributed by atoms with Crippen LogP contribution in [0.25, 0.3) is 5.69 Å². The minimum absolute atomic E-state index is 0.0213. The molecule has 1 aliphatic rings. The number of halogens is 2. The molecule has 0 bridgehead atoms. The molecule has 5 nitrogen and oxygen atoms in total. The Balaban J connectivity index is 2.00. The molecule has 0 amide bonds. The number of aromatic nitrogens is 1. The number of aryl methyl sites for hydroxylation is 1. The lowest BCUT2D eigenvalue weighted by Crippen LogP contribution is -2.39. The van der Waals surface area contributed by atoms with Gasteiger partial charge in [0, 0.05) is 24.0 Å². The maximum atomic E-state index is 14.1. The van der Waals surface area contributed by atoms with Crippen LogP contribution >= 0.6 is 0 Å². The molecular formula is C20H18F2N2O3S. The minimum Gasteiger partial charge on any atom is -0.508 e. The van der Waals surface area contributed by atoms with Gasteiger partial charge in [-0.2, -0.15) is 0 Å². The van der Waals surface area contributed by atoms with Crippen molar-refractivity contribution in [3.8, 4) is 11.4 Å². The van der Waals surface area contributed by atoms with Gasteiger partial charge in [0.15, 0.2) is 11.6 Å². The van der Waals surface area contributed by atoms with E-state index >= 15 is 0 Å². The Hall–Kier alpha value is -2.87. The maximum Gasteiger partial charge on any atom is 0.265 e. The largest absolute Gasteiger partial charge is 0.508 e. The molecule has 0 saturated heterocycles. The summed E-state index contributed by atoms with van der Waals surface area (Å²) < 4.78 is 57.9. The van der Waals surface area contributed by atoms with Crippen LogP contribution in [0, 0.1) is 18.6 Å². The predicted octanol–water partition coefficient (Wildman–Crippen LogP) is 4.43. The van der Waals surface area contributed by atoms with Gasteiger partial charge in [0.2, 0.25) is 0 Å². The molecule has 3 aromatic rings. The highest BCUT2D eigenvalue weighted by molar-refractivity contribution is 7.92. The second-order valence-corrected chi connectivity index (χ2v) is 8.55. The van der Waals surface area contributed by atoms with Crippen LogP contribution in [-0.2, 0) is 10.0 Å². The third kappa shape index (κ3) is 2.59. The summed E-state index contributed by atoms with van der Waals surface area (Å²) in [5.74, 6) is -2.19. The number of hydrogen-bond acceptors (Lipinski definition) is 3. The molecule has 0 fully saturated rings. The number of rotatable bonds is 3. The molecule has 0 spiro atoms. The van der Waals surface area contributed by atoms with Crippen molar-refractivity contribution < 1.29 is 22.3 Å². The molecule has 0 saturated carbocycles. The standard InChI is InChI=1S/C20H18F2N2O3S/c1-3-16-17-5-4-8-23(17)18-10-14(21)15(22)11-19(18)24(16)28(26,27)13-6-7-20(25)12(2)9-13/h4-11,16,25H,3H2,1-2H3. The summed E-state index contributed by atoms with van der Waals surface area (Å²) in [6.07, 6.45) is 2.13. The summed E-state index contributed by atoms with van der Waals surface area (Å²) in [7, 11) is -4.11.